The van der Waals surface area contributed by atoms with Crippen molar-refractivity contribution >= 4 is 45.4 Å². The number of hydrogen-bond acceptors (Lipinski definition) is 6. The normalized spacial score (nSPS) is 10.9. The molecule has 0 aliphatic rings. The highest BCUT2D eigenvalue weighted by atomic mass is 16.5. The standard InChI is InChI=1S/C25H18N2O5/c1-30-19-10-9-17-12-16(6-8-18(17)13-19)7-11-24(29)31-15-23(28)27-25-20-4-2-3-5-21(20)32-22(25)14-26/h2-13H,15H2,1H3,(H,27,28)/b11-7+. The molecule has 7 heteroatoms. The molecule has 1 amide bonds. The fourth-order valence-corrected chi connectivity index (χ4v) is 3.25. The number of hydrogen-bond donors (Lipinski definition) is 1. The number of para-hydroxylation sites is 1. The van der Waals surface area contributed by atoms with Crippen molar-refractivity contribution in [2.24, 2.45) is 0 Å². The first-order chi connectivity index (χ1) is 15.6. The van der Waals surface area contributed by atoms with Gasteiger partial charge in [-0.25, -0.2) is 4.79 Å². The van der Waals surface area contributed by atoms with Crippen molar-refractivity contribution in [1.29, 1.82) is 5.26 Å². The molecule has 1 N–H and O–H groups in total. The molecule has 0 atom stereocenters. The van der Waals surface area contributed by atoms with Crippen LogP contribution in [0.4, 0.5) is 5.69 Å². The summed E-state index contributed by atoms with van der Waals surface area (Å²) < 4.78 is 15.6. The van der Waals surface area contributed by atoms with Crippen molar-refractivity contribution in [3.05, 3.63) is 78.1 Å². The Morgan fingerprint density at radius 1 is 1.09 bits per heavy atom. The van der Waals surface area contributed by atoms with Gasteiger partial charge in [-0.15, -0.1) is 0 Å². The van der Waals surface area contributed by atoms with Crippen LogP contribution in [-0.4, -0.2) is 25.6 Å². The molecule has 3 aromatic carbocycles. The fourth-order valence-electron chi connectivity index (χ4n) is 3.25. The number of amides is 1. The number of nitrogens with zero attached hydrogens (tertiary/aromatic N) is 1. The molecule has 4 rings (SSSR count). The van der Waals surface area contributed by atoms with E-state index in [1.165, 1.54) is 6.08 Å². The number of furan rings is 1. The van der Waals surface area contributed by atoms with Gasteiger partial charge in [0.15, 0.2) is 6.61 Å². The van der Waals surface area contributed by atoms with E-state index in [0.29, 0.717) is 11.0 Å². The van der Waals surface area contributed by atoms with E-state index in [1.807, 2.05) is 42.5 Å². The average molecular weight is 426 g/mol. The van der Waals surface area contributed by atoms with E-state index < -0.39 is 18.5 Å². The molecule has 32 heavy (non-hydrogen) atoms. The Labute approximate surface area is 183 Å². The van der Waals surface area contributed by atoms with Crippen LogP contribution in [0, 0.1) is 11.3 Å². The third-order valence-electron chi connectivity index (χ3n) is 4.79. The van der Waals surface area contributed by atoms with Gasteiger partial charge in [0.2, 0.25) is 5.76 Å². The Hall–Kier alpha value is -4.57. The van der Waals surface area contributed by atoms with Gasteiger partial charge in [-0.3, -0.25) is 4.79 Å². The largest absolute Gasteiger partial charge is 0.497 e. The van der Waals surface area contributed by atoms with E-state index in [9.17, 15) is 14.9 Å². The van der Waals surface area contributed by atoms with Gasteiger partial charge in [0.1, 0.15) is 23.1 Å². The molecule has 0 radical (unpaired) electrons. The number of ether oxygens (including phenoxy) is 2. The second-order valence-electron chi connectivity index (χ2n) is 6.88. The lowest BCUT2D eigenvalue weighted by Gasteiger charge is -2.05. The Balaban J connectivity index is 1.37. The number of methoxy groups -OCH3 is 1. The second kappa shape index (κ2) is 9.06. The molecule has 1 heterocycles. The maximum absolute atomic E-state index is 12.2. The van der Waals surface area contributed by atoms with Crippen LogP contribution >= 0.6 is 0 Å². The number of anilines is 1. The number of esters is 1. The van der Waals surface area contributed by atoms with Crippen LogP contribution < -0.4 is 10.1 Å². The number of carbonyl (C=O) groups excluding carboxylic acids is 2. The molecule has 4 aromatic rings. The molecule has 0 bridgehead atoms. The van der Waals surface area contributed by atoms with E-state index in [2.05, 4.69) is 5.32 Å². The summed E-state index contributed by atoms with van der Waals surface area (Å²) in [4.78, 5) is 24.3. The molecule has 0 saturated heterocycles. The van der Waals surface area contributed by atoms with Crippen LogP contribution in [0.25, 0.3) is 27.8 Å². The molecule has 7 nitrogen and oxygen atoms in total. The van der Waals surface area contributed by atoms with Crippen molar-refractivity contribution in [1.82, 2.24) is 0 Å². The summed E-state index contributed by atoms with van der Waals surface area (Å²) in [5.74, 6) is -0.477. The van der Waals surface area contributed by atoms with Crippen molar-refractivity contribution in [3.63, 3.8) is 0 Å². The lowest BCUT2D eigenvalue weighted by Crippen LogP contribution is -2.20. The van der Waals surface area contributed by atoms with Crippen molar-refractivity contribution in [2.75, 3.05) is 19.0 Å². The molecule has 158 valence electrons. The summed E-state index contributed by atoms with van der Waals surface area (Å²) in [7, 11) is 1.62. The molecule has 1 aromatic heterocycles. The van der Waals surface area contributed by atoms with Gasteiger partial charge in [0.05, 0.1) is 7.11 Å². The summed E-state index contributed by atoms with van der Waals surface area (Å²) in [6.07, 6.45) is 2.87. The number of carbonyl (C=O) groups is 2. The topological polar surface area (TPSA) is 102 Å². The van der Waals surface area contributed by atoms with Gasteiger partial charge in [0.25, 0.3) is 5.91 Å². The number of fused-ring (bicyclic) bond motifs is 2. The first kappa shape index (κ1) is 20.7. The predicted octanol–water partition coefficient (Wildman–Crippen LogP) is 4.66. The summed E-state index contributed by atoms with van der Waals surface area (Å²) >= 11 is 0. The van der Waals surface area contributed by atoms with Gasteiger partial charge in [-0.2, -0.15) is 5.26 Å². The summed E-state index contributed by atoms with van der Waals surface area (Å²) in [6.45, 7) is -0.495. The highest BCUT2D eigenvalue weighted by Crippen LogP contribution is 2.30. The van der Waals surface area contributed by atoms with E-state index in [-0.39, 0.29) is 11.4 Å². The van der Waals surface area contributed by atoms with Crippen LogP contribution in [0.5, 0.6) is 5.75 Å². The van der Waals surface area contributed by atoms with Crippen LogP contribution in [-0.2, 0) is 14.3 Å². The van der Waals surface area contributed by atoms with E-state index in [4.69, 9.17) is 13.9 Å². The summed E-state index contributed by atoms with van der Waals surface area (Å²) in [6, 6.07) is 20.3. The monoisotopic (exact) mass is 426 g/mol. The number of nitriles is 1. The lowest BCUT2D eigenvalue weighted by atomic mass is 10.1. The predicted molar refractivity (Wildman–Crippen MR) is 120 cm³/mol. The number of rotatable bonds is 6. The lowest BCUT2D eigenvalue weighted by molar-refractivity contribution is -0.142. The average Bonchev–Trinajstić information content (AvgIpc) is 3.18. The van der Waals surface area contributed by atoms with Crippen molar-refractivity contribution in [2.45, 2.75) is 0 Å². The minimum atomic E-state index is -0.660. The number of nitrogens with one attached hydrogen (secondary N) is 1. The van der Waals surface area contributed by atoms with Gasteiger partial charge in [-0.1, -0.05) is 30.3 Å². The quantitative estimate of drug-likeness (QED) is 0.355. The Bertz CT molecular complexity index is 1390. The first-order valence-corrected chi connectivity index (χ1v) is 9.71. The second-order valence-corrected chi connectivity index (χ2v) is 6.88. The Kier molecular flexibility index (Phi) is 5.86. The Morgan fingerprint density at radius 3 is 2.69 bits per heavy atom. The fraction of sp³-hybridized carbons (Fsp3) is 0.0800. The maximum Gasteiger partial charge on any atom is 0.331 e. The number of benzene rings is 3. The molecule has 0 fully saturated rings. The zero-order valence-corrected chi connectivity index (χ0v) is 17.1. The van der Waals surface area contributed by atoms with Crippen LogP contribution in [0.3, 0.4) is 0 Å². The molecule has 0 saturated carbocycles. The van der Waals surface area contributed by atoms with E-state index in [1.54, 1.807) is 37.5 Å². The van der Waals surface area contributed by atoms with Crippen LogP contribution in [0.2, 0.25) is 0 Å². The molecule has 0 spiro atoms. The highest BCUT2D eigenvalue weighted by molar-refractivity contribution is 6.03. The zero-order chi connectivity index (χ0) is 22.5. The van der Waals surface area contributed by atoms with Gasteiger partial charge in [-0.05, 0) is 52.7 Å². The van der Waals surface area contributed by atoms with Crippen molar-refractivity contribution in [3.8, 4) is 11.8 Å². The molecular weight excluding hydrogens is 408 g/mol. The molecular formula is C25H18N2O5. The van der Waals surface area contributed by atoms with Gasteiger partial charge in [0, 0.05) is 11.5 Å². The zero-order valence-electron chi connectivity index (χ0n) is 17.1. The van der Waals surface area contributed by atoms with Crippen LogP contribution in [0.1, 0.15) is 11.3 Å². The highest BCUT2D eigenvalue weighted by Gasteiger charge is 2.16. The van der Waals surface area contributed by atoms with Crippen molar-refractivity contribution < 1.29 is 23.5 Å². The Morgan fingerprint density at radius 2 is 1.88 bits per heavy atom. The minimum absolute atomic E-state index is 0.0142. The minimum Gasteiger partial charge on any atom is -0.497 e. The molecule has 0 aliphatic heterocycles. The van der Waals surface area contributed by atoms with Gasteiger partial charge >= 0.3 is 5.97 Å². The molecule has 0 unspecified atom stereocenters. The van der Waals surface area contributed by atoms with E-state index >= 15 is 0 Å². The maximum atomic E-state index is 12.2. The van der Waals surface area contributed by atoms with E-state index in [0.717, 1.165) is 22.1 Å². The summed E-state index contributed by atoms with van der Waals surface area (Å²) in [5, 5.41) is 14.4. The third kappa shape index (κ3) is 4.45. The SMILES string of the molecule is COc1ccc2cc(/C=C/C(=O)OCC(=O)Nc3c(C#N)oc4ccccc34)ccc2c1. The van der Waals surface area contributed by atoms with Crippen LogP contribution in [0.15, 0.2) is 71.2 Å². The third-order valence-corrected chi connectivity index (χ3v) is 4.79. The smallest absolute Gasteiger partial charge is 0.331 e. The molecule has 0 aliphatic carbocycles. The summed E-state index contributed by atoms with van der Waals surface area (Å²) in [5.41, 5.74) is 1.55. The van der Waals surface area contributed by atoms with Gasteiger partial charge < -0.3 is 19.2 Å². The first-order valence-electron chi connectivity index (χ1n) is 9.71.